The Morgan fingerprint density at radius 3 is 2.55 bits per heavy atom. The highest BCUT2D eigenvalue weighted by Crippen LogP contribution is 2.15. The van der Waals surface area contributed by atoms with Crippen LogP contribution in [0.1, 0.15) is 38.7 Å². The van der Waals surface area contributed by atoms with Gasteiger partial charge < -0.3 is 9.88 Å². The summed E-state index contributed by atoms with van der Waals surface area (Å²) in [5.41, 5.74) is 4.55. The van der Waals surface area contributed by atoms with Gasteiger partial charge in [-0.05, 0) is 31.5 Å². The van der Waals surface area contributed by atoms with Crippen molar-refractivity contribution in [3.8, 4) is 0 Å². The van der Waals surface area contributed by atoms with Crippen LogP contribution in [0.5, 0.6) is 0 Å². The van der Waals surface area contributed by atoms with Crippen molar-refractivity contribution in [2.24, 2.45) is 0 Å². The van der Waals surface area contributed by atoms with Gasteiger partial charge in [0.05, 0.1) is 6.54 Å². The van der Waals surface area contributed by atoms with Crippen molar-refractivity contribution in [3.63, 3.8) is 0 Å². The Kier molecular flexibility index (Phi) is 5.67. The van der Waals surface area contributed by atoms with E-state index in [-0.39, 0.29) is 5.91 Å². The molecular weight excluding hydrogens is 364 g/mol. The molecule has 1 N–H and O–H groups in total. The van der Waals surface area contributed by atoms with Gasteiger partial charge in [0.2, 0.25) is 0 Å². The van der Waals surface area contributed by atoms with Crippen molar-refractivity contribution in [2.45, 2.75) is 39.9 Å². The van der Waals surface area contributed by atoms with Crippen LogP contribution in [0.3, 0.4) is 0 Å². The Hall–Kier alpha value is -3.06. The van der Waals surface area contributed by atoms with E-state index < -0.39 is 0 Å². The normalized spacial score (nSPS) is 14.3. The number of hydrogen-bond donors (Lipinski definition) is 1. The van der Waals surface area contributed by atoms with E-state index in [1.807, 2.05) is 0 Å². The third kappa shape index (κ3) is 4.68. The predicted octanol–water partition coefficient (Wildman–Crippen LogP) is 2.28. The van der Waals surface area contributed by atoms with Gasteiger partial charge >= 0.3 is 0 Å². The monoisotopic (exact) mass is 390 g/mol. The topological polar surface area (TPSA) is 75.9 Å². The Labute approximate surface area is 170 Å². The highest BCUT2D eigenvalue weighted by Gasteiger charge is 2.19. The third-order valence-corrected chi connectivity index (χ3v) is 5.23. The molecule has 0 radical (unpaired) electrons. The van der Waals surface area contributed by atoms with E-state index in [1.165, 1.54) is 16.7 Å². The second kappa shape index (κ2) is 8.53. The molecule has 7 heteroatoms. The Balaban J connectivity index is 1.38. The maximum absolute atomic E-state index is 12.3. The molecule has 0 fully saturated rings. The van der Waals surface area contributed by atoms with E-state index in [0.29, 0.717) is 12.1 Å². The molecule has 1 aliphatic rings. The summed E-state index contributed by atoms with van der Waals surface area (Å²) in [5, 5.41) is 11.6. The van der Waals surface area contributed by atoms with Crippen LogP contribution in [0, 0.1) is 13.8 Å². The number of aromatic nitrogens is 4. The summed E-state index contributed by atoms with van der Waals surface area (Å²) in [6.07, 6.45) is 4.08. The molecule has 0 aliphatic carbocycles. The largest absolute Gasteiger partial charge is 0.345 e. The first-order chi connectivity index (χ1) is 14.1. The number of aryl methyl sites for hydroxylation is 2. The summed E-state index contributed by atoms with van der Waals surface area (Å²) in [5.74, 6) is 1.66. The standard InChI is InChI=1S/C22H26N6O/c1-16-11-17(2)13-18(12-16)15-27-8-5-20-25-26-21(28(20)10-9-27)14-24-22(29)19-3-6-23-7-4-19/h3-4,6-7,11-13H,5,8-10,14-15H2,1-2H3,(H,24,29). The van der Waals surface area contributed by atoms with Crippen LogP contribution < -0.4 is 5.32 Å². The summed E-state index contributed by atoms with van der Waals surface area (Å²) in [6.45, 7) is 8.31. The van der Waals surface area contributed by atoms with E-state index in [0.717, 1.165) is 44.2 Å². The van der Waals surface area contributed by atoms with Gasteiger partial charge in [-0.3, -0.25) is 14.7 Å². The van der Waals surface area contributed by atoms with Gasteiger partial charge in [-0.2, -0.15) is 0 Å². The molecule has 0 spiro atoms. The van der Waals surface area contributed by atoms with E-state index in [2.05, 4.69) is 62.0 Å². The zero-order valence-electron chi connectivity index (χ0n) is 16.9. The lowest BCUT2D eigenvalue weighted by Gasteiger charge is -2.20. The van der Waals surface area contributed by atoms with E-state index in [4.69, 9.17) is 0 Å². The van der Waals surface area contributed by atoms with Crippen LogP contribution >= 0.6 is 0 Å². The zero-order valence-corrected chi connectivity index (χ0v) is 16.9. The fraction of sp³-hybridized carbons (Fsp3) is 0.364. The molecule has 0 atom stereocenters. The number of pyridine rings is 1. The molecule has 150 valence electrons. The van der Waals surface area contributed by atoms with Crippen LogP contribution in [-0.2, 0) is 26.1 Å². The molecule has 1 aliphatic heterocycles. The maximum atomic E-state index is 12.3. The molecule has 0 bridgehead atoms. The molecule has 1 aromatic carbocycles. The minimum Gasteiger partial charge on any atom is -0.345 e. The molecule has 29 heavy (non-hydrogen) atoms. The lowest BCUT2D eigenvalue weighted by Crippen LogP contribution is -2.28. The van der Waals surface area contributed by atoms with Gasteiger partial charge in [0, 0.05) is 50.6 Å². The van der Waals surface area contributed by atoms with Crippen molar-refractivity contribution in [1.29, 1.82) is 0 Å². The minimum atomic E-state index is -0.130. The van der Waals surface area contributed by atoms with Crippen molar-refractivity contribution in [2.75, 3.05) is 13.1 Å². The first kappa shape index (κ1) is 19.3. The molecule has 2 aromatic heterocycles. The number of fused-ring (bicyclic) bond motifs is 1. The summed E-state index contributed by atoms with van der Waals surface area (Å²) in [6, 6.07) is 10.1. The zero-order chi connectivity index (χ0) is 20.2. The third-order valence-electron chi connectivity index (χ3n) is 5.23. The van der Waals surface area contributed by atoms with Crippen LogP contribution in [0.4, 0.5) is 0 Å². The molecule has 1 amide bonds. The van der Waals surface area contributed by atoms with Crippen molar-refractivity contribution >= 4 is 5.91 Å². The highest BCUT2D eigenvalue weighted by molar-refractivity contribution is 5.93. The lowest BCUT2D eigenvalue weighted by atomic mass is 10.1. The fourth-order valence-corrected chi connectivity index (χ4v) is 3.90. The number of nitrogens with zero attached hydrogens (tertiary/aromatic N) is 5. The van der Waals surface area contributed by atoms with Gasteiger partial charge in [0.15, 0.2) is 5.82 Å². The molecular formula is C22H26N6O. The van der Waals surface area contributed by atoms with E-state index in [9.17, 15) is 4.79 Å². The molecule has 3 aromatic rings. The number of amides is 1. The average molecular weight is 390 g/mol. The Bertz CT molecular complexity index is 978. The van der Waals surface area contributed by atoms with Crippen LogP contribution in [0.15, 0.2) is 42.7 Å². The molecule has 0 saturated heterocycles. The molecule has 0 saturated carbocycles. The van der Waals surface area contributed by atoms with Crippen LogP contribution in [0.2, 0.25) is 0 Å². The minimum absolute atomic E-state index is 0.130. The van der Waals surface area contributed by atoms with E-state index in [1.54, 1.807) is 24.5 Å². The molecule has 3 heterocycles. The van der Waals surface area contributed by atoms with Gasteiger partial charge in [-0.25, -0.2) is 0 Å². The van der Waals surface area contributed by atoms with Gasteiger partial charge in [0.25, 0.3) is 5.91 Å². The first-order valence-electron chi connectivity index (χ1n) is 9.97. The van der Waals surface area contributed by atoms with Crippen molar-refractivity contribution in [3.05, 3.63) is 76.6 Å². The summed E-state index contributed by atoms with van der Waals surface area (Å²) >= 11 is 0. The predicted molar refractivity (Wildman–Crippen MR) is 110 cm³/mol. The van der Waals surface area contributed by atoms with Crippen LogP contribution in [-0.4, -0.2) is 43.6 Å². The lowest BCUT2D eigenvalue weighted by molar-refractivity contribution is 0.0949. The quantitative estimate of drug-likeness (QED) is 0.723. The maximum Gasteiger partial charge on any atom is 0.251 e. The number of carbonyl (C=O) groups is 1. The second-order valence-electron chi connectivity index (χ2n) is 7.62. The average Bonchev–Trinajstić information content (AvgIpc) is 2.99. The molecule has 0 unspecified atom stereocenters. The molecule has 4 rings (SSSR count). The Morgan fingerprint density at radius 1 is 1.03 bits per heavy atom. The first-order valence-corrected chi connectivity index (χ1v) is 9.97. The number of carbonyl (C=O) groups excluding carboxylic acids is 1. The van der Waals surface area contributed by atoms with Crippen molar-refractivity contribution < 1.29 is 4.79 Å². The smallest absolute Gasteiger partial charge is 0.251 e. The SMILES string of the molecule is Cc1cc(C)cc(CN2CCc3nnc(CNC(=O)c4ccncc4)n3CC2)c1. The Morgan fingerprint density at radius 2 is 1.79 bits per heavy atom. The van der Waals surface area contributed by atoms with Gasteiger partial charge in [0.1, 0.15) is 5.82 Å². The number of nitrogens with one attached hydrogen (secondary N) is 1. The summed E-state index contributed by atoms with van der Waals surface area (Å²) in [7, 11) is 0. The number of hydrogen-bond acceptors (Lipinski definition) is 5. The van der Waals surface area contributed by atoms with Crippen molar-refractivity contribution in [1.82, 2.24) is 30.0 Å². The van der Waals surface area contributed by atoms with Crippen LogP contribution in [0.25, 0.3) is 0 Å². The highest BCUT2D eigenvalue weighted by atomic mass is 16.1. The van der Waals surface area contributed by atoms with Gasteiger partial charge in [-0.15, -0.1) is 10.2 Å². The molecule has 7 nitrogen and oxygen atoms in total. The number of benzene rings is 1. The summed E-state index contributed by atoms with van der Waals surface area (Å²) < 4.78 is 2.15. The summed E-state index contributed by atoms with van der Waals surface area (Å²) in [4.78, 5) is 18.7. The fourth-order valence-electron chi connectivity index (χ4n) is 3.90. The van der Waals surface area contributed by atoms with E-state index >= 15 is 0 Å². The number of rotatable bonds is 5. The second-order valence-corrected chi connectivity index (χ2v) is 7.62. The van der Waals surface area contributed by atoms with Gasteiger partial charge in [-0.1, -0.05) is 29.3 Å².